The molecule has 5 heteroatoms. The van der Waals surface area contributed by atoms with Crippen molar-refractivity contribution < 1.29 is 14.7 Å². The number of aromatic nitrogens is 1. The number of pyridine rings is 1. The number of amides is 1. The minimum atomic E-state index is -1.11. The summed E-state index contributed by atoms with van der Waals surface area (Å²) < 4.78 is 0. The minimum absolute atomic E-state index is 0.417. The average molecular weight is 320 g/mol. The Morgan fingerprint density at radius 1 is 1.04 bits per heavy atom. The normalized spacial score (nSPS) is 11.9. The Kier molecular flexibility index (Phi) is 4.24. The van der Waals surface area contributed by atoms with Gasteiger partial charge >= 0.3 is 5.97 Å². The highest BCUT2D eigenvalue weighted by Gasteiger charge is 2.23. The number of nitrogens with zero attached hydrogens (tertiary/aromatic N) is 1. The van der Waals surface area contributed by atoms with Crippen LogP contribution in [0.15, 0.2) is 60.7 Å². The van der Waals surface area contributed by atoms with Crippen LogP contribution in [0.5, 0.6) is 0 Å². The van der Waals surface area contributed by atoms with Gasteiger partial charge in [0.05, 0.1) is 11.1 Å². The van der Waals surface area contributed by atoms with Gasteiger partial charge in [-0.15, -0.1) is 0 Å². The van der Waals surface area contributed by atoms with Crippen molar-refractivity contribution in [1.82, 2.24) is 10.3 Å². The lowest BCUT2D eigenvalue weighted by atomic mass is 10.0. The Labute approximate surface area is 139 Å². The number of benzene rings is 2. The maximum atomic E-state index is 12.7. The number of rotatable bonds is 4. The molecule has 0 unspecified atom stereocenters. The first kappa shape index (κ1) is 15.7. The molecule has 0 aliphatic rings. The molecule has 3 aromatic rings. The van der Waals surface area contributed by atoms with Crippen molar-refractivity contribution in [3.63, 3.8) is 0 Å². The summed E-state index contributed by atoms with van der Waals surface area (Å²) in [4.78, 5) is 28.7. The summed E-state index contributed by atoms with van der Waals surface area (Å²) >= 11 is 0. The zero-order valence-electron chi connectivity index (χ0n) is 13.1. The largest absolute Gasteiger partial charge is 0.479 e. The highest BCUT2D eigenvalue weighted by molar-refractivity contribution is 6.07. The zero-order valence-corrected chi connectivity index (χ0v) is 13.1. The monoisotopic (exact) mass is 320 g/mol. The molecule has 2 aromatic carbocycles. The number of carbonyl (C=O) groups excluding carboxylic acids is 1. The third kappa shape index (κ3) is 3.10. The second-order valence-electron chi connectivity index (χ2n) is 5.48. The molecule has 0 bridgehead atoms. The van der Waals surface area contributed by atoms with Gasteiger partial charge in [-0.3, -0.25) is 9.78 Å². The fourth-order valence-electron chi connectivity index (χ4n) is 2.64. The molecule has 5 nitrogen and oxygen atoms in total. The lowest BCUT2D eigenvalue weighted by Gasteiger charge is -2.16. The molecule has 3 rings (SSSR count). The number of carbonyl (C=O) groups is 2. The van der Waals surface area contributed by atoms with Crippen LogP contribution >= 0.6 is 0 Å². The topological polar surface area (TPSA) is 79.3 Å². The molecule has 1 atom stereocenters. The standard InChI is InChI=1S/C19H16N2O3/c1-12-11-15(14-9-5-6-10-16(14)20-12)18(22)21-17(19(23)24)13-7-3-2-4-8-13/h2-11,17H,1H3,(H,21,22)(H,23,24)/t17-/m1/s1. The highest BCUT2D eigenvalue weighted by atomic mass is 16.4. The number of hydrogen-bond acceptors (Lipinski definition) is 3. The molecule has 0 aliphatic heterocycles. The van der Waals surface area contributed by atoms with E-state index in [1.165, 1.54) is 0 Å². The second-order valence-corrected chi connectivity index (χ2v) is 5.48. The van der Waals surface area contributed by atoms with Gasteiger partial charge in [-0.2, -0.15) is 0 Å². The molecule has 0 fully saturated rings. The molecule has 1 amide bonds. The van der Waals surface area contributed by atoms with Crippen molar-refractivity contribution >= 4 is 22.8 Å². The van der Waals surface area contributed by atoms with E-state index in [9.17, 15) is 14.7 Å². The zero-order chi connectivity index (χ0) is 17.1. The van der Waals surface area contributed by atoms with Gasteiger partial charge in [0.15, 0.2) is 6.04 Å². The molecule has 0 saturated heterocycles. The van der Waals surface area contributed by atoms with Crippen molar-refractivity contribution in [2.45, 2.75) is 13.0 Å². The van der Waals surface area contributed by atoms with Gasteiger partial charge in [0.2, 0.25) is 0 Å². The predicted octanol–water partition coefficient (Wildman–Crippen LogP) is 3.10. The Hall–Kier alpha value is -3.21. The molecule has 0 saturated carbocycles. The SMILES string of the molecule is Cc1cc(C(=O)N[C@@H](C(=O)O)c2ccccc2)c2ccccc2n1. The molecule has 0 spiro atoms. The first-order chi connectivity index (χ1) is 11.6. The number of aliphatic carboxylic acids is 1. The molecule has 1 heterocycles. The molecular formula is C19H16N2O3. The number of carboxylic acid groups (broad SMARTS) is 1. The highest BCUT2D eigenvalue weighted by Crippen LogP contribution is 2.20. The lowest BCUT2D eigenvalue weighted by Crippen LogP contribution is -2.33. The Morgan fingerprint density at radius 3 is 2.42 bits per heavy atom. The van der Waals surface area contributed by atoms with E-state index in [0.29, 0.717) is 27.7 Å². The molecule has 2 N–H and O–H groups in total. The lowest BCUT2D eigenvalue weighted by molar-refractivity contribution is -0.139. The van der Waals surface area contributed by atoms with Crippen molar-refractivity contribution in [3.8, 4) is 0 Å². The van der Waals surface area contributed by atoms with Gasteiger partial charge in [-0.1, -0.05) is 48.5 Å². The fraction of sp³-hybridized carbons (Fsp3) is 0.105. The number of nitrogens with one attached hydrogen (secondary N) is 1. The van der Waals surface area contributed by atoms with Crippen LogP contribution < -0.4 is 5.32 Å². The van der Waals surface area contributed by atoms with Crippen LogP contribution in [0, 0.1) is 6.92 Å². The third-order valence-electron chi connectivity index (χ3n) is 3.74. The molecule has 1 aromatic heterocycles. The van der Waals surface area contributed by atoms with Crippen LogP contribution in [0.3, 0.4) is 0 Å². The summed E-state index contributed by atoms with van der Waals surface area (Å²) in [7, 11) is 0. The van der Waals surface area contributed by atoms with E-state index in [1.807, 2.05) is 18.2 Å². The molecule has 0 radical (unpaired) electrons. The maximum Gasteiger partial charge on any atom is 0.330 e. The second kappa shape index (κ2) is 6.50. The summed E-state index contributed by atoms with van der Waals surface area (Å²) in [5.41, 5.74) is 2.34. The van der Waals surface area contributed by atoms with Crippen LogP contribution in [-0.2, 0) is 4.79 Å². The van der Waals surface area contributed by atoms with E-state index in [0.717, 1.165) is 0 Å². The minimum Gasteiger partial charge on any atom is -0.479 e. The first-order valence-electron chi connectivity index (χ1n) is 7.51. The van der Waals surface area contributed by atoms with Crippen molar-refractivity contribution in [1.29, 1.82) is 0 Å². The average Bonchev–Trinajstić information content (AvgIpc) is 2.59. The smallest absolute Gasteiger partial charge is 0.330 e. The van der Waals surface area contributed by atoms with E-state index >= 15 is 0 Å². The predicted molar refractivity (Wildman–Crippen MR) is 90.8 cm³/mol. The van der Waals surface area contributed by atoms with Gasteiger partial charge in [-0.05, 0) is 24.6 Å². The van der Waals surface area contributed by atoms with E-state index < -0.39 is 17.9 Å². The van der Waals surface area contributed by atoms with Crippen molar-refractivity contribution in [2.24, 2.45) is 0 Å². The Balaban J connectivity index is 1.99. The van der Waals surface area contributed by atoms with Gasteiger partial charge in [0, 0.05) is 11.1 Å². The number of hydrogen-bond donors (Lipinski definition) is 2. The van der Waals surface area contributed by atoms with Crippen LogP contribution in [-0.4, -0.2) is 22.0 Å². The summed E-state index contributed by atoms with van der Waals surface area (Å²) in [6.45, 7) is 1.80. The third-order valence-corrected chi connectivity index (χ3v) is 3.74. The Morgan fingerprint density at radius 2 is 1.71 bits per heavy atom. The summed E-state index contributed by atoms with van der Waals surface area (Å²) in [5, 5.41) is 12.8. The van der Waals surface area contributed by atoms with Crippen LogP contribution in [0.2, 0.25) is 0 Å². The number of aryl methyl sites for hydroxylation is 1. The molecular weight excluding hydrogens is 304 g/mol. The summed E-state index contributed by atoms with van der Waals surface area (Å²) in [6.07, 6.45) is 0. The number of fused-ring (bicyclic) bond motifs is 1. The molecule has 24 heavy (non-hydrogen) atoms. The van der Waals surface area contributed by atoms with E-state index in [1.54, 1.807) is 49.4 Å². The van der Waals surface area contributed by atoms with Gasteiger partial charge in [0.25, 0.3) is 5.91 Å². The van der Waals surface area contributed by atoms with Crippen molar-refractivity contribution in [2.75, 3.05) is 0 Å². The summed E-state index contributed by atoms with van der Waals surface area (Å²) in [6, 6.07) is 16.5. The quantitative estimate of drug-likeness (QED) is 0.774. The van der Waals surface area contributed by atoms with Crippen LogP contribution in [0.4, 0.5) is 0 Å². The van der Waals surface area contributed by atoms with Crippen LogP contribution in [0.25, 0.3) is 10.9 Å². The first-order valence-corrected chi connectivity index (χ1v) is 7.51. The maximum absolute atomic E-state index is 12.7. The van der Waals surface area contributed by atoms with Crippen LogP contribution in [0.1, 0.15) is 27.7 Å². The van der Waals surface area contributed by atoms with E-state index in [-0.39, 0.29) is 0 Å². The number of para-hydroxylation sites is 1. The molecule has 0 aliphatic carbocycles. The fourth-order valence-corrected chi connectivity index (χ4v) is 2.64. The van der Waals surface area contributed by atoms with Crippen molar-refractivity contribution in [3.05, 3.63) is 77.5 Å². The summed E-state index contributed by atoms with van der Waals surface area (Å²) in [5.74, 6) is -1.54. The molecule has 120 valence electrons. The van der Waals surface area contributed by atoms with Gasteiger partial charge in [0.1, 0.15) is 0 Å². The van der Waals surface area contributed by atoms with Gasteiger partial charge in [-0.25, -0.2) is 4.79 Å². The van der Waals surface area contributed by atoms with E-state index in [4.69, 9.17) is 0 Å². The number of carboxylic acids is 1. The Bertz CT molecular complexity index is 907. The van der Waals surface area contributed by atoms with E-state index in [2.05, 4.69) is 10.3 Å². The van der Waals surface area contributed by atoms with Gasteiger partial charge < -0.3 is 10.4 Å².